The molecule has 0 bridgehead atoms. The predicted octanol–water partition coefficient (Wildman–Crippen LogP) is 2.38. The molecule has 9 heteroatoms. The van der Waals surface area contributed by atoms with Crippen LogP contribution in [-0.2, 0) is 11.3 Å². The normalized spacial score (nSPS) is 18.2. The van der Waals surface area contributed by atoms with Crippen molar-refractivity contribution in [3.05, 3.63) is 107 Å². The molecule has 1 atom stereocenters. The highest BCUT2D eigenvalue weighted by atomic mass is 19.4. The highest BCUT2D eigenvalue weighted by Crippen LogP contribution is 2.30. The Balaban J connectivity index is 1.80. The van der Waals surface area contributed by atoms with Crippen molar-refractivity contribution in [2.45, 2.75) is 18.4 Å². The zero-order valence-corrected chi connectivity index (χ0v) is 17.1. The predicted molar refractivity (Wildman–Crippen MR) is 111 cm³/mol. The number of carbonyl (C=O) groups is 2. The Morgan fingerprint density at radius 3 is 2.06 bits per heavy atom. The van der Waals surface area contributed by atoms with Gasteiger partial charge in [-0.05, 0) is 42.0 Å². The summed E-state index contributed by atoms with van der Waals surface area (Å²) in [6.07, 6.45) is -5.19. The average Bonchev–Trinajstić information content (AvgIpc) is 3.08. The third kappa shape index (κ3) is 4.21. The quantitative estimate of drug-likeness (QED) is 0.580. The van der Waals surface area contributed by atoms with Crippen molar-refractivity contribution in [3.8, 4) is 0 Å². The average molecular weight is 456 g/mol. The molecule has 0 radical (unpaired) electrons. The van der Waals surface area contributed by atoms with E-state index < -0.39 is 29.5 Å². The first-order valence-electron chi connectivity index (χ1n) is 9.92. The molecule has 0 fully saturated rings. The van der Waals surface area contributed by atoms with E-state index in [0.717, 1.165) is 29.2 Å². The van der Waals surface area contributed by atoms with E-state index in [1.165, 1.54) is 0 Å². The summed E-state index contributed by atoms with van der Waals surface area (Å²) in [7, 11) is 0. The molecular weight excluding hydrogens is 438 g/mol. The van der Waals surface area contributed by atoms with Gasteiger partial charge in [-0.1, -0.05) is 48.5 Å². The zero-order valence-electron chi connectivity index (χ0n) is 17.1. The van der Waals surface area contributed by atoms with E-state index in [4.69, 9.17) is 0 Å². The molecule has 0 aliphatic carbocycles. The molecule has 0 saturated heterocycles. The number of rotatable bonds is 5. The van der Waals surface area contributed by atoms with Gasteiger partial charge in [0.25, 0.3) is 11.7 Å². The van der Waals surface area contributed by atoms with Gasteiger partial charge in [-0.3, -0.25) is 10.1 Å². The monoisotopic (exact) mass is 456 g/mol. The molecule has 33 heavy (non-hydrogen) atoms. The van der Waals surface area contributed by atoms with E-state index in [-0.39, 0.29) is 17.9 Å². The van der Waals surface area contributed by atoms with E-state index in [1.807, 2.05) is 5.32 Å². The molecule has 1 aliphatic heterocycles. The van der Waals surface area contributed by atoms with Gasteiger partial charge in [0.15, 0.2) is 0 Å². The molecule has 0 aromatic heterocycles. The molecule has 1 aliphatic rings. The minimum absolute atomic E-state index is 0.0961. The highest BCUT2D eigenvalue weighted by molar-refractivity contribution is 6.11. The fraction of sp³-hybridized carbons (Fsp3) is 0.125. The van der Waals surface area contributed by atoms with Crippen LogP contribution in [0.2, 0.25) is 0 Å². The molecule has 0 saturated carbocycles. The Labute approximate surface area is 186 Å². The van der Waals surface area contributed by atoms with Crippen LogP contribution in [0.3, 0.4) is 0 Å². The van der Waals surface area contributed by atoms with Crippen molar-refractivity contribution in [2.24, 2.45) is 0 Å². The molecule has 3 aromatic rings. The lowest BCUT2D eigenvalue weighted by Gasteiger charge is -2.25. The Morgan fingerprint density at radius 1 is 0.909 bits per heavy atom. The maximum Gasteiger partial charge on any atom is 0.465 e. The van der Waals surface area contributed by atoms with Gasteiger partial charge in [0.05, 0.1) is 5.56 Å². The minimum atomic E-state index is -5.19. The third-order valence-corrected chi connectivity index (χ3v) is 5.21. The molecule has 3 aromatic carbocycles. The van der Waals surface area contributed by atoms with Crippen LogP contribution in [0, 0.1) is 5.82 Å². The van der Waals surface area contributed by atoms with Crippen molar-refractivity contribution in [2.75, 3.05) is 0 Å². The van der Waals surface area contributed by atoms with Gasteiger partial charge in [0.1, 0.15) is 12.4 Å². The summed E-state index contributed by atoms with van der Waals surface area (Å²) in [4.78, 5) is 29.2. The molecule has 2 amide bonds. The number of nitrogens with one attached hydrogen (secondary N) is 2. The van der Waals surface area contributed by atoms with Gasteiger partial charge in [0.2, 0.25) is 0 Å². The molecule has 1 heterocycles. The van der Waals surface area contributed by atoms with E-state index in [0.29, 0.717) is 11.1 Å². The molecule has 5 nitrogen and oxygen atoms in total. The molecular formula is C24H18F4N3O2+. The van der Waals surface area contributed by atoms with Gasteiger partial charge < -0.3 is 0 Å². The Kier molecular flexibility index (Phi) is 5.71. The lowest BCUT2D eigenvalue weighted by atomic mass is 10.1. The van der Waals surface area contributed by atoms with Crippen LogP contribution in [-0.4, -0.2) is 34.4 Å². The number of amides is 2. The van der Waals surface area contributed by atoms with Crippen LogP contribution < -0.4 is 10.3 Å². The van der Waals surface area contributed by atoms with E-state index in [9.17, 15) is 27.2 Å². The van der Waals surface area contributed by atoms with Crippen molar-refractivity contribution < 1.29 is 32.1 Å². The number of nitrogens with zero attached hydrogens (tertiary/aromatic N) is 1. The third-order valence-electron chi connectivity index (χ3n) is 5.21. The first-order chi connectivity index (χ1) is 15.7. The number of hydrogen-bond acceptors (Lipinski definition) is 2. The maximum absolute atomic E-state index is 14.4. The second-order valence-electron chi connectivity index (χ2n) is 7.43. The summed E-state index contributed by atoms with van der Waals surface area (Å²) in [5, 5.41) is 1.82. The Bertz CT molecular complexity index is 1200. The number of benzene rings is 3. The summed E-state index contributed by atoms with van der Waals surface area (Å²) in [6, 6.07) is 20.6. The molecule has 0 spiro atoms. The van der Waals surface area contributed by atoms with Gasteiger partial charge >= 0.3 is 17.7 Å². The Hall–Kier alpha value is -4.01. The summed E-state index contributed by atoms with van der Waals surface area (Å²) in [6.45, 7) is -0.152. The van der Waals surface area contributed by atoms with Crippen LogP contribution in [0.15, 0.2) is 84.9 Å². The van der Waals surface area contributed by atoms with Crippen molar-refractivity contribution in [3.63, 3.8) is 0 Å². The number of amidine groups is 1. The summed E-state index contributed by atoms with van der Waals surface area (Å²) in [5.41, 5.74) is -2.69. The van der Waals surface area contributed by atoms with E-state index in [2.05, 4.69) is 4.99 Å². The van der Waals surface area contributed by atoms with E-state index >= 15 is 0 Å². The second-order valence-corrected chi connectivity index (χ2v) is 7.43. The summed E-state index contributed by atoms with van der Waals surface area (Å²) >= 11 is 0. The number of alkyl halides is 3. The minimum Gasteiger partial charge on any atom is -0.293 e. The lowest BCUT2D eigenvalue weighted by molar-refractivity contribution is -0.580. The van der Waals surface area contributed by atoms with Gasteiger partial charge in [-0.25, -0.2) is 14.2 Å². The van der Waals surface area contributed by atoms with Gasteiger partial charge in [0, 0.05) is 5.56 Å². The summed E-state index contributed by atoms with van der Waals surface area (Å²) < 4.78 is 56.4. The number of hydrogen-bond donors (Lipinski definition) is 2. The fourth-order valence-corrected chi connectivity index (χ4v) is 3.53. The maximum atomic E-state index is 14.4. The first-order valence-corrected chi connectivity index (χ1v) is 9.92. The molecule has 0 unspecified atom stereocenters. The van der Waals surface area contributed by atoms with Crippen LogP contribution in [0.25, 0.3) is 0 Å². The molecule has 168 valence electrons. The zero-order chi connectivity index (χ0) is 23.6. The van der Waals surface area contributed by atoms with E-state index in [1.54, 1.807) is 60.7 Å². The topological polar surface area (TPSA) is 63.4 Å². The SMILES string of the molecule is O=C(N[C@@]1(C(F)(F)F)[NH+]=C(c2ccccc2)N(Cc2ccccc2)C1=O)c1ccc(F)cc1. The largest absolute Gasteiger partial charge is 0.465 e. The molecule has 2 N–H and O–H groups in total. The van der Waals surface area contributed by atoms with Crippen LogP contribution in [0.4, 0.5) is 17.6 Å². The first kappa shape index (κ1) is 22.2. The van der Waals surface area contributed by atoms with Crippen molar-refractivity contribution in [1.29, 1.82) is 0 Å². The number of carbonyl (C=O) groups excluding carboxylic acids is 2. The lowest BCUT2D eigenvalue weighted by Crippen LogP contribution is -2.96. The van der Waals surface area contributed by atoms with Crippen molar-refractivity contribution >= 4 is 17.6 Å². The van der Waals surface area contributed by atoms with Gasteiger partial charge in [-0.2, -0.15) is 18.1 Å². The smallest absolute Gasteiger partial charge is 0.293 e. The van der Waals surface area contributed by atoms with Gasteiger partial charge in [-0.15, -0.1) is 0 Å². The Morgan fingerprint density at radius 2 is 1.48 bits per heavy atom. The highest BCUT2D eigenvalue weighted by Gasteiger charge is 2.72. The fourth-order valence-electron chi connectivity index (χ4n) is 3.53. The van der Waals surface area contributed by atoms with Crippen LogP contribution in [0.5, 0.6) is 0 Å². The van der Waals surface area contributed by atoms with Crippen LogP contribution in [0.1, 0.15) is 21.5 Å². The molecule has 4 rings (SSSR count). The summed E-state index contributed by atoms with van der Waals surface area (Å²) in [5.74, 6) is -3.31. The van der Waals surface area contributed by atoms with Crippen LogP contribution >= 0.6 is 0 Å². The standard InChI is InChI=1S/C24H17F4N3O2/c25-19-13-11-18(12-14-19)21(32)30-23(24(26,27)28)22(33)31(15-16-7-3-1-4-8-16)20(29-23)17-9-5-2-6-10-17/h1-14H,15H2,(H,30,32)/p+1/t23-/m0/s1. The number of halogens is 4. The second kappa shape index (κ2) is 8.50. The van der Waals surface area contributed by atoms with Crippen molar-refractivity contribution in [1.82, 2.24) is 10.2 Å².